The lowest BCUT2D eigenvalue weighted by molar-refractivity contribution is 0.0367. The topological polar surface area (TPSA) is 58.6 Å². The molecule has 130 valence electrons. The molecular weight excluding hydrogens is 358 g/mol. The molecule has 1 aliphatic rings. The van der Waals surface area contributed by atoms with Crippen LogP contribution in [0.25, 0.3) is 5.70 Å². The van der Waals surface area contributed by atoms with Crippen LogP contribution >= 0.6 is 23.4 Å². The highest BCUT2D eigenvalue weighted by atomic mass is 35.5. The Kier molecular flexibility index (Phi) is 5.25. The molecule has 3 rings (SSSR count). The Balaban J connectivity index is 1.78. The summed E-state index contributed by atoms with van der Waals surface area (Å²) in [6.07, 6.45) is 4.76. The van der Waals surface area contributed by atoms with Crippen LogP contribution in [0.1, 0.15) is 28.4 Å². The van der Waals surface area contributed by atoms with Gasteiger partial charge in [0.1, 0.15) is 5.75 Å². The van der Waals surface area contributed by atoms with Crippen LogP contribution in [-0.2, 0) is 11.3 Å². The van der Waals surface area contributed by atoms with Crippen molar-refractivity contribution in [3.05, 3.63) is 64.2 Å². The Morgan fingerprint density at radius 1 is 1.32 bits per heavy atom. The van der Waals surface area contributed by atoms with Gasteiger partial charge >= 0.3 is 5.97 Å². The van der Waals surface area contributed by atoms with E-state index in [0.29, 0.717) is 16.3 Å². The van der Waals surface area contributed by atoms with Crippen molar-refractivity contribution in [3.63, 3.8) is 0 Å². The largest absolute Gasteiger partial charge is 0.508 e. The van der Waals surface area contributed by atoms with Gasteiger partial charge in [0, 0.05) is 10.5 Å². The lowest BCUT2D eigenvalue weighted by Gasteiger charge is -2.22. The summed E-state index contributed by atoms with van der Waals surface area (Å²) < 4.78 is 0. The lowest BCUT2D eigenvalue weighted by atomic mass is 9.88. The molecule has 0 fully saturated rings. The summed E-state index contributed by atoms with van der Waals surface area (Å²) in [6.45, 7) is 2.06. The molecule has 0 heterocycles. The molecule has 1 unspecified atom stereocenters. The maximum Gasteiger partial charge on any atom is 0.364 e. The van der Waals surface area contributed by atoms with Crippen molar-refractivity contribution >= 4 is 35.0 Å². The van der Waals surface area contributed by atoms with Gasteiger partial charge in [-0.25, -0.2) is 10.3 Å². The number of hydroxylamine groups is 1. The normalized spacial score (nSPS) is 16.0. The molecule has 2 aromatic carbocycles. The van der Waals surface area contributed by atoms with Crippen LogP contribution in [0, 0.1) is 5.92 Å². The molecule has 0 spiro atoms. The zero-order valence-corrected chi connectivity index (χ0v) is 15.4. The van der Waals surface area contributed by atoms with Crippen molar-refractivity contribution < 1.29 is 14.7 Å². The van der Waals surface area contributed by atoms with E-state index in [0.717, 1.165) is 22.4 Å². The van der Waals surface area contributed by atoms with Crippen LogP contribution in [0.4, 0.5) is 0 Å². The van der Waals surface area contributed by atoms with Crippen LogP contribution in [0.3, 0.4) is 0 Å². The average molecular weight is 376 g/mol. The molecule has 0 saturated carbocycles. The minimum absolute atomic E-state index is 0.227. The molecule has 25 heavy (non-hydrogen) atoms. The molecule has 2 aromatic rings. The van der Waals surface area contributed by atoms with E-state index in [1.165, 1.54) is 11.8 Å². The highest BCUT2D eigenvalue weighted by Crippen LogP contribution is 2.30. The predicted octanol–water partition coefficient (Wildman–Crippen LogP) is 4.66. The van der Waals surface area contributed by atoms with Gasteiger partial charge in [0.05, 0.1) is 16.3 Å². The fourth-order valence-electron chi connectivity index (χ4n) is 2.82. The number of allylic oxidation sites excluding steroid dienone is 1. The van der Waals surface area contributed by atoms with Crippen molar-refractivity contribution in [2.75, 3.05) is 6.26 Å². The number of phenolic OH excluding ortho intramolecular Hbond substituents is 1. The minimum atomic E-state index is -0.541. The highest BCUT2D eigenvalue weighted by molar-refractivity contribution is 7.98. The molecule has 0 aliphatic heterocycles. The molecule has 4 nitrogen and oxygen atoms in total. The van der Waals surface area contributed by atoms with Crippen LogP contribution in [0.15, 0.2) is 47.4 Å². The van der Waals surface area contributed by atoms with Gasteiger partial charge in [-0.3, -0.25) is 0 Å². The number of carbonyl (C=O) groups excluding carboxylic acids is 1. The molecule has 0 bridgehead atoms. The zero-order valence-electron chi connectivity index (χ0n) is 13.9. The SMILES string of the molecule is CSc1ccc(Cl)c(C(=O)ONC2=CC(C)Cc3cc(O)ccc32)c1. The second-order valence-corrected chi connectivity index (χ2v) is 7.23. The van der Waals surface area contributed by atoms with Gasteiger partial charge in [0.25, 0.3) is 0 Å². The second-order valence-electron chi connectivity index (χ2n) is 5.94. The van der Waals surface area contributed by atoms with Gasteiger partial charge in [0.2, 0.25) is 0 Å². The summed E-state index contributed by atoms with van der Waals surface area (Å²) in [5.41, 5.74) is 5.70. The Morgan fingerprint density at radius 3 is 2.88 bits per heavy atom. The molecular formula is C19H18ClNO3S. The van der Waals surface area contributed by atoms with Gasteiger partial charge in [-0.2, -0.15) is 0 Å². The van der Waals surface area contributed by atoms with E-state index in [1.807, 2.05) is 24.5 Å². The first kappa shape index (κ1) is 17.7. The molecule has 0 saturated heterocycles. The number of thioether (sulfide) groups is 1. The van der Waals surface area contributed by atoms with Crippen molar-refractivity contribution in [3.8, 4) is 5.75 Å². The standard InChI is InChI=1S/C19H18ClNO3S/c1-11-7-12-9-13(22)3-5-15(12)18(8-11)21-24-19(23)16-10-14(25-2)4-6-17(16)20/h3-6,8-11,21-22H,7H2,1-2H3. The molecule has 6 heteroatoms. The zero-order chi connectivity index (χ0) is 18.0. The Morgan fingerprint density at radius 2 is 2.12 bits per heavy atom. The van der Waals surface area contributed by atoms with Gasteiger partial charge in [-0.1, -0.05) is 24.6 Å². The smallest absolute Gasteiger partial charge is 0.364 e. The predicted molar refractivity (Wildman–Crippen MR) is 101 cm³/mol. The summed E-state index contributed by atoms with van der Waals surface area (Å²) in [5.74, 6) is -0.0517. The molecule has 1 aliphatic carbocycles. The van der Waals surface area contributed by atoms with Crippen LogP contribution < -0.4 is 5.48 Å². The number of rotatable bonds is 4. The lowest BCUT2D eigenvalue weighted by Crippen LogP contribution is -2.22. The van der Waals surface area contributed by atoms with E-state index in [9.17, 15) is 9.90 Å². The third-order valence-corrected chi connectivity index (χ3v) is 5.07. The molecule has 0 amide bonds. The first-order chi connectivity index (χ1) is 12.0. The average Bonchev–Trinajstić information content (AvgIpc) is 2.59. The highest BCUT2D eigenvalue weighted by Gasteiger charge is 2.20. The molecule has 0 aromatic heterocycles. The maximum absolute atomic E-state index is 12.4. The van der Waals surface area contributed by atoms with Crippen molar-refractivity contribution in [1.82, 2.24) is 5.48 Å². The molecule has 1 atom stereocenters. The summed E-state index contributed by atoms with van der Waals surface area (Å²) >= 11 is 7.64. The van der Waals surface area contributed by atoms with Crippen molar-refractivity contribution in [2.45, 2.75) is 18.2 Å². The van der Waals surface area contributed by atoms with Crippen LogP contribution in [0.5, 0.6) is 5.75 Å². The summed E-state index contributed by atoms with van der Waals surface area (Å²) in [4.78, 5) is 18.6. The number of carbonyl (C=O) groups is 1. The van der Waals surface area contributed by atoms with E-state index in [1.54, 1.807) is 24.3 Å². The number of hydrogen-bond donors (Lipinski definition) is 2. The quantitative estimate of drug-likeness (QED) is 0.601. The number of benzene rings is 2. The van der Waals surface area contributed by atoms with Crippen LogP contribution in [-0.4, -0.2) is 17.3 Å². The van der Waals surface area contributed by atoms with Gasteiger partial charge in [-0.15, -0.1) is 11.8 Å². The Hall–Kier alpha value is -2.11. The third-order valence-electron chi connectivity index (χ3n) is 4.02. The Bertz CT molecular complexity index is 851. The van der Waals surface area contributed by atoms with Crippen molar-refractivity contribution in [1.29, 1.82) is 0 Å². The summed E-state index contributed by atoms with van der Waals surface area (Å²) in [6, 6.07) is 10.4. The summed E-state index contributed by atoms with van der Waals surface area (Å²) in [7, 11) is 0. The van der Waals surface area contributed by atoms with E-state index >= 15 is 0 Å². The number of phenols is 1. The first-order valence-electron chi connectivity index (χ1n) is 7.82. The molecule has 0 radical (unpaired) electrons. The monoisotopic (exact) mass is 375 g/mol. The van der Waals surface area contributed by atoms with E-state index < -0.39 is 5.97 Å². The molecule has 2 N–H and O–H groups in total. The number of halogens is 1. The van der Waals surface area contributed by atoms with Crippen LogP contribution in [0.2, 0.25) is 5.02 Å². The Labute approximate surface area is 155 Å². The van der Waals surface area contributed by atoms with Crippen molar-refractivity contribution in [2.24, 2.45) is 5.92 Å². The van der Waals surface area contributed by atoms with E-state index in [4.69, 9.17) is 16.4 Å². The van der Waals surface area contributed by atoms with Gasteiger partial charge in [-0.05, 0) is 60.6 Å². The third kappa shape index (κ3) is 3.94. The van der Waals surface area contributed by atoms with E-state index in [-0.39, 0.29) is 11.7 Å². The second kappa shape index (κ2) is 7.42. The minimum Gasteiger partial charge on any atom is -0.508 e. The van der Waals surface area contributed by atoms with Gasteiger partial charge in [0.15, 0.2) is 0 Å². The maximum atomic E-state index is 12.4. The fourth-order valence-corrected chi connectivity index (χ4v) is 3.46. The number of fused-ring (bicyclic) bond motifs is 1. The van der Waals surface area contributed by atoms with E-state index in [2.05, 4.69) is 12.4 Å². The fraction of sp³-hybridized carbons (Fsp3) is 0.211. The first-order valence-corrected chi connectivity index (χ1v) is 9.43. The summed E-state index contributed by atoms with van der Waals surface area (Å²) in [5, 5.41) is 10.0. The number of aromatic hydroxyl groups is 1. The number of hydrogen-bond acceptors (Lipinski definition) is 5. The number of nitrogens with one attached hydrogen (secondary N) is 1. The van der Waals surface area contributed by atoms with Gasteiger partial charge < -0.3 is 9.94 Å².